The van der Waals surface area contributed by atoms with Gasteiger partial charge in [0.05, 0.1) is 5.69 Å². The molecule has 0 saturated carbocycles. The summed E-state index contributed by atoms with van der Waals surface area (Å²) in [6.07, 6.45) is 4.69. The van der Waals surface area contributed by atoms with Crippen molar-refractivity contribution in [2.45, 2.75) is 25.9 Å². The molecule has 2 aromatic rings. The minimum atomic E-state index is -0.0656. The van der Waals surface area contributed by atoms with E-state index < -0.39 is 0 Å². The number of halogens is 1. The predicted octanol–water partition coefficient (Wildman–Crippen LogP) is 3.30. The van der Waals surface area contributed by atoms with Gasteiger partial charge in [-0.25, -0.2) is 0 Å². The molecule has 3 N–H and O–H groups in total. The molecule has 0 aliphatic rings. The van der Waals surface area contributed by atoms with E-state index in [0.717, 1.165) is 22.1 Å². The maximum Gasteiger partial charge on any atom is 0.244 e. The normalized spacial score (nSPS) is 12.2. The Bertz CT molecular complexity index is 594. The van der Waals surface area contributed by atoms with Gasteiger partial charge in [0, 0.05) is 22.9 Å². The number of hydrogen-bond donors (Lipinski definition) is 2. The zero-order chi connectivity index (χ0) is 14.5. The minimum Gasteiger partial charge on any atom is -0.345 e. The standard InChI is InChI=1S/C15H18BrN3O/c1-2-13(17)11-7-8-19(9-11)10-15(20)18-14-6-4-3-5-12(14)16/h3-9,13H,2,10,17H2,1H3,(H,18,20). The second kappa shape index (κ2) is 6.72. The summed E-state index contributed by atoms with van der Waals surface area (Å²) in [6.45, 7) is 2.32. The summed E-state index contributed by atoms with van der Waals surface area (Å²) in [6, 6.07) is 9.53. The van der Waals surface area contributed by atoms with Crippen LogP contribution >= 0.6 is 15.9 Å². The minimum absolute atomic E-state index is 0.0302. The lowest BCUT2D eigenvalue weighted by atomic mass is 10.1. The van der Waals surface area contributed by atoms with E-state index in [-0.39, 0.29) is 18.5 Å². The van der Waals surface area contributed by atoms with E-state index in [2.05, 4.69) is 21.2 Å². The van der Waals surface area contributed by atoms with Crippen molar-refractivity contribution in [2.24, 2.45) is 5.73 Å². The first-order valence-corrected chi connectivity index (χ1v) is 7.35. The number of nitrogens with two attached hydrogens (primary N) is 1. The molecule has 1 amide bonds. The third kappa shape index (κ3) is 3.71. The van der Waals surface area contributed by atoms with E-state index in [1.165, 1.54) is 0 Å². The van der Waals surface area contributed by atoms with Gasteiger partial charge in [0.15, 0.2) is 0 Å². The van der Waals surface area contributed by atoms with Crippen molar-refractivity contribution < 1.29 is 4.79 Å². The van der Waals surface area contributed by atoms with Crippen LogP contribution in [0.15, 0.2) is 47.2 Å². The first kappa shape index (κ1) is 14.8. The average Bonchev–Trinajstić information content (AvgIpc) is 2.89. The topological polar surface area (TPSA) is 60.0 Å². The summed E-state index contributed by atoms with van der Waals surface area (Å²) in [4.78, 5) is 12.0. The Balaban J connectivity index is 1.98. The molecule has 0 bridgehead atoms. The second-order valence-corrected chi connectivity index (χ2v) is 5.51. The molecule has 1 aromatic carbocycles. The first-order chi connectivity index (χ1) is 9.60. The zero-order valence-corrected chi connectivity index (χ0v) is 12.9. The van der Waals surface area contributed by atoms with E-state index in [9.17, 15) is 4.79 Å². The third-order valence-electron chi connectivity index (χ3n) is 3.12. The molecule has 1 atom stereocenters. The highest BCUT2D eigenvalue weighted by molar-refractivity contribution is 9.10. The lowest BCUT2D eigenvalue weighted by Gasteiger charge is -2.08. The van der Waals surface area contributed by atoms with E-state index in [4.69, 9.17) is 5.73 Å². The molecule has 106 valence electrons. The molecule has 0 aliphatic heterocycles. The summed E-state index contributed by atoms with van der Waals surface area (Å²) in [5.74, 6) is -0.0656. The van der Waals surface area contributed by atoms with Gasteiger partial charge in [0.25, 0.3) is 0 Å². The molecule has 2 rings (SSSR count). The molecule has 0 saturated heterocycles. The summed E-state index contributed by atoms with van der Waals surface area (Å²) < 4.78 is 2.71. The van der Waals surface area contributed by atoms with Gasteiger partial charge in [-0.2, -0.15) is 0 Å². The highest BCUT2D eigenvalue weighted by atomic mass is 79.9. The van der Waals surface area contributed by atoms with Gasteiger partial charge < -0.3 is 15.6 Å². The number of benzene rings is 1. The van der Waals surface area contributed by atoms with E-state index in [1.54, 1.807) is 0 Å². The van der Waals surface area contributed by atoms with Crippen LogP contribution in [0.3, 0.4) is 0 Å². The maximum absolute atomic E-state index is 12.0. The monoisotopic (exact) mass is 335 g/mol. The lowest BCUT2D eigenvalue weighted by Crippen LogP contribution is -2.18. The van der Waals surface area contributed by atoms with Crippen LogP contribution in [0.5, 0.6) is 0 Å². The Hall–Kier alpha value is -1.59. The number of nitrogens with one attached hydrogen (secondary N) is 1. The number of amides is 1. The highest BCUT2D eigenvalue weighted by Gasteiger charge is 2.08. The molecular formula is C15H18BrN3O. The summed E-state index contributed by atoms with van der Waals surface area (Å²) >= 11 is 3.40. The van der Waals surface area contributed by atoms with Gasteiger partial charge in [-0.3, -0.25) is 4.79 Å². The number of para-hydroxylation sites is 1. The predicted molar refractivity (Wildman–Crippen MR) is 84.4 cm³/mol. The van der Waals surface area contributed by atoms with Crippen LogP contribution in [0.1, 0.15) is 24.9 Å². The number of aromatic nitrogens is 1. The van der Waals surface area contributed by atoms with Gasteiger partial charge in [-0.05, 0) is 46.1 Å². The summed E-state index contributed by atoms with van der Waals surface area (Å²) in [5.41, 5.74) is 7.79. The Morgan fingerprint density at radius 3 is 2.85 bits per heavy atom. The fourth-order valence-corrected chi connectivity index (χ4v) is 2.31. The van der Waals surface area contributed by atoms with Gasteiger partial charge in [0.2, 0.25) is 5.91 Å². The molecule has 1 unspecified atom stereocenters. The molecule has 0 aliphatic carbocycles. The van der Waals surface area contributed by atoms with Crippen molar-refractivity contribution in [1.29, 1.82) is 0 Å². The van der Waals surface area contributed by atoms with Crippen molar-refractivity contribution in [3.05, 3.63) is 52.8 Å². The number of anilines is 1. The molecule has 5 heteroatoms. The van der Waals surface area contributed by atoms with Gasteiger partial charge >= 0.3 is 0 Å². The first-order valence-electron chi connectivity index (χ1n) is 6.55. The van der Waals surface area contributed by atoms with Crippen LogP contribution in [-0.4, -0.2) is 10.5 Å². The molecule has 1 aromatic heterocycles. The number of nitrogens with zero attached hydrogens (tertiary/aromatic N) is 1. The third-order valence-corrected chi connectivity index (χ3v) is 3.81. The average molecular weight is 336 g/mol. The van der Waals surface area contributed by atoms with E-state index in [0.29, 0.717) is 0 Å². The lowest BCUT2D eigenvalue weighted by molar-refractivity contribution is -0.116. The van der Waals surface area contributed by atoms with Crippen molar-refractivity contribution in [2.75, 3.05) is 5.32 Å². The van der Waals surface area contributed by atoms with Crippen molar-refractivity contribution in [1.82, 2.24) is 4.57 Å². The van der Waals surface area contributed by atoms with Crippen molar-refractivity contribution in [3.8, 4) is 0 Å². The largest absolute Gasteiger partial charge is 0.345 e. The SMILES string of the molecule is CCC(N)c1ccn(CC(=O)Nc2ccccc2Br)c1. The van der Waals surface area contributed by atoms with Crippen LogP contribution in [0.4, 0.5) is 5.69 Å². The van der Waals surface area contributed by atoms with Crippen molar-refractivity contribution >= 4 is 27.5 Å². The fourth-order valence-electron chi connectivity index (χ4n) is 1.93. The number of rotatable bonds is 5. The van der Waals surface area contributed by atoms with E-state index in [1.807, 2.05) is 54.2 Å². The van der Waals surface area contributed by atoms with Crippen LogP contribution in [0, 0.1) is 0 Å². The molecule has 4 nitrogen and oxygen atoms in total. The van der Waals surface area contributed by atoms with Gasteiger partial charge in [0.1, 0.15) is 6.54 Å². The van der Waals surface area contributed by atoms with Crippen LogP contribution in [0.25, 0.3) is 0 Å². The fraction of sp³-hybridized carbons (Fsp3) is 0.267. The molecule has 20 heavy (non-hydrogen) atoms. The summed E-state index contributed by atoms with van der Waals surface area (Å²) in [7, 11) is 0. The second-order valence-electron chi connectivity index (χ2n) is 4.66. The number of hydrogen-bond acceptors (Lipinski definition) is 2. The van der Waals surface area contributed by atoms with Crippen molar-refractivity contribution in [3.63, 3.8) is 0 Å². The molecule has 1 heterocycles. The van der Waals surface area contributed by atoms with Crippen LogP contribution in [0.2, 0.25) is 0 Å². The van der Waals surface area contributed by atoms with Gasteiger partial charge in [-0.1, -0.05) is 19.1 Å². The Labute approximate surface area is 127 Å². The zero-order valence-electron chi connectivity index (χ0n) is 11.3. The van der Waals surface area contributed by atoms with E-state index >= 15 is 0 Å². The quantitative estimate of drug-likeness (QED) is 0.880. The molecule has 0 spiro atoms. The Kier molecular flexibility index (Phi) is 4.98. The van der Waals surface area contributed by atoms with Crippen LogP contribution < -0.4 is 11.1 Å². The number of carbonyl (C=O) groups excluding carboxylic acids is 1. The van der Waals surface area contributed by atoms with Crippen LogP contribution in [-0.2, 0) is 11.3 Å². The molecular weight excluding hydrogens is 318 g/mol. The highest BCUT2D eigenvalue weighted by Crippen LogP contribution is 2.21. The summed E-state index contributed by atoms with van der Waals surface area (Å²) in [5, 5.41) is 2.87. The van der Waals surface area contributed by atoms with Gasteiger partial charge in [-0.15, -0.1) is 0 Å². The Morgan fingerprint density at radius 2 is 2.15 bits per heavy atom. The maximum atomic E-state index is 12.0. The molecule has 0 fully saturated rings. The smallest absolute Gasteiger partial charge is 0.244 e. The molecule has 0 radical (unpaired) electrons. The number of carbonyl (C=O) groups is 1. The Morgan fingerprint density at radius 1 is 1.40 bits per heavy atom.